The Balaban J connectivity index is 2.09. The van der Waals surface area contributed by atoms with Gasteiger partial charge >= 0.3 is 0 Å². The minimum Gasteiger partial charge on any atom is -0.444 e. The number of rotatable bonds is 6. The highest BCUT2D eigenvalue weighted by molar-refractivity contribution is 7.98. The van der Waals surface area contributed by atoms with Gasteiger partial charge < -0.3 is 15.1 Å². The van der Waals surface area contributed by atoms with Gasteiger partial charge in [-0.15, -0.1) is 0 Å². The van der Waals surface area contributed by atoms with Gasteiger partial charge in [0, 0.05) is 12.6 Å². The maximum absolute atomic E-state index is 5.53. The van der Waals surface area contributed by atoms with Crippen LogP contribution >= 0.6 is 11.8 Å². The lowest BCUT2D eigenvalue weighted by Crippen LogP contribution is -2.06. The summed E-state index contributed by atoms with van der Waals surface area (Å²) < 4.78 is 5.53. The summed E-state index contributed by atoms with van der Waals surface area (Å²) in [4.78, 5) is 13.1. The molecule has 2 N–H and O–H groups in total. The van der Waals surface area contributed by atoms with Crippen molar-refractivity contribution in [3.63, 3.8) is 0 Å². The van der Waals surface area contributed by atoms with Gasteiger partial charge in [0.2, 0.25) is 5.89 Å². The highest BCUT2D eigenvalue weighted by Crippen LogP contribution is 2.18. The number of nitrogens with zero attached hydrogens (tertiary/aromatic N) is 3. The summed E-state index contributed by atoms with van der Waals surface area (Å²) in [6.45, 7) is 7.20. The van der Waals surface area contributed by atoms with Gasteiger partial charge in [0.15, 0.2) is 5.16 Å². The highest BCUT2D eigenvalue weighted by atomic mass is 32.2. The number of hydrogen-bond acceptors (Lipinski definition) is 7. The first kappa shape index (κ1) is 14.6. The third-order valence-corrected chi connectivity index (χ3v) is 3.29. The van der Waals surface area contributed by atoms with E-state index in [-0.39, 0.29) is 0 Å². The van der Waals surface area contributed by atoms with Crippen molar-refractivity contribution in [1.29, 1.82) is 0 Å². The summed E-state index contributed by atoms with van der Waals surface area (Å²) in [7, 11) is 0. The molecule has 0 fully saturated rings. The minimum atomic E-state index is 0.505. The van der Waals surface area contributed by atoms with Gasteiger partial charge in [-0.2, -0.15) is 0 Å². The predicted molar refractivity (Wildman–Crippen MR) is 81.3 cm³/mol. The van der Waals surface area contributed by atoms with E-state index in [1.807, 2.05) is 33.1 Å². The topological polar surface area (TPSA) is 75.9 Å². The lowest BCUT2D eigenvalue weighted by atomic mass is 10.4. The number of thioether (sulfide) groups is 1. The van der Waals surface area contributed by atoms with Crippen molar-refractivity contribution in [1.82, 2.24) is 15.0 Å². The number of anilines is 2. The van der Waals surface area contributed by atoms with E-state index in [2.05, 4.69) is 25.6 Å². The van der Waals surface area contributed by atoms with E-state index in [9.17, 15) is 0 Å². The zero-order chi connectivity index (χ0) is 14.5. The van der Waals surface area contributed by atoms with E-state index in [0.29, 0.717) is 12.4 Å². The summed E-state index contributed by atoms with van der Waals surface area (Å²) in [6.07, 6.45) is 1.95. The van der Waals surface area contributed by atoms with Crippen LogP contribution in [0.3, 0.4) is 0 Å². The van der Waals surface area contributed by atoms with Crippen LogP contribution in [0.25, 0.3) is 0 Å². The molecule has 0 aromatic carbocycles. The molecule has 0 aliphatic rings. The lowest BCUT2D eigenvalue weighted by molar-refractivity contribution is 0.478. The van der Waals surface area contributed by atoms with E-state index < -0.39 is 0 Å². The van der Waals surface area contributed by atoms with E-state index in [4.69, 9.17) is 4.42 Å². The molecule has 0 spiro atoms. The van der Waals surface area contributed by atoms with Crippen molar-refractivity contribution in [3.05, 3.63) is 23.4 Å². The average Bonchev–Trinajstić information content (AvgIpc) is 2.76. The van der Waals surface area contributed by atoms with Crippen molar-refractivity contribution in [2.45, 2.75) is 32.5 Å². The predicted octanol–water partition coefficient (Wildman–Crippen LogP) is 2.85. The molecule has 20 heavy (non-hydrogen) atoms. The summed E-state index contributed by atoms with van der Waals surface area (Å²) >= 11 is 1.51. The van der Waals surface area contributed by atoms with Gasteiger partial charge in [0.05, 0.1) is 12.2 Å². The Morgan fingerprint density at radius 1 is 1.15 bits per heavy atom. The number of aryl methyl sites for hydroxylation is 2. The van der Waals surface area contributed by atoms with Crippen molar-refractivity contribution >= 4 is 23.4 Å². The van der Waals surface area contributed by atoms with Crippen molar-refractivity contribution in [2.24, 2.45) is 0 Å². The van der Waals surface area contributed by atoms with Crippen LogP contribution in [0, 0.1) is 13.8 Å². The lowest BCUT2D eigenvalue weighted by Gasteiger charge is -2.08. The van der Waals surface area contributed by atoms with Gasteiger partial charge in [-0.25, -0.2) is 15.0 Å². The molecule has 7 heteroatoms. The fourth-order valence-electron chi connectivity index (χ4n) is 1.66. The Labute approximate surface area is 122 Å². The van der Waals surface area contributed by atoms with Gasteiger partial charge in [0.25, 0.3) is 0 Å². The molecule has 0 radical (unpaired) electrons. The second-order valence-corrected chi connectivity index (χ2v) is 5.03. The molecular formula is C13H19N5OS. The quantitative estimate of drug-likeness (QED) is 0.626. The molecule has 0 aliphatic heterocycles. The zero-order valence-corrected chi connectivity index (χ0v) is 13.0. The van der Waals surface area contributed by atoms with E-state index in [0.717, 1.165) is 34.8 Å². The Morgan fingerprint density at radius 2 is 1.85 bits per heavy atom. The molecule has 2 aromatic rings. The van der Waals surface area contributed by atoms with Crippen LogP contribution in [0.4, 0.5) is 11.6 Å². The van der Waals surface area contributed by atoms with Gasteiger partial charge in [-0.05, 0) is 27.0 Å². The van der Waals surface area contributed by atoms with Crippen molar-refractivity contribution in [2.75, 3.05) is 23.4 Å². The average molecular weight is 293 g/mol. The van der Waals surface area contributed by atoms with E-state index in [1.165, 1.54) is 11.8 Å². The van der Waals surface area contributed by atoms with Gasteiger partial charge in [-0.1, -0.05) is 11.8 Å². The van der Waals surface area contributed by atoms with Crippen LogP contribution in [0.15, 0.2) is 15.6 Å². The molecule has 2 heterocycles. The first-order valence-electron chi connectivity index (χ1n) is 6.46. The zero-order valence-electron chi connectivity index (χ0n) is 12.1. The standard InChI is InChI=1S/C13H19N5OS/c1-5-14-10-6-11(18-13(17-10)20-4)15-7-12-16-8(2)9(3)19-12/h6H,5,7H2,1-4H3,(H2,14,15,17,18). The maximum atomic E-state index is 5.53. The molecule has 0 bridgehead atoms. The molecule has 0 amide bonds. The van der Waals surface area contributed by atoms with Crippen LogP contribution in [0.2, 0.25) is 0 Å². The third-order valence-electron chi connectivity index (χ3n) is 2.74. The summed E-state index contributed by atoms with van der Waals surface area (Å²) in [5.41, 5.74) is 0.919. The molecule has 2 rings (SSSR count). The van der Waals surface area contributed by atoms with Crippen molar-refractivity contribution in [3.8, 4) is 0 Å². The fraction of sp³-hybridized carbons (Fsp3) is 0.462. The summed E-state index contributed by atoms with van der Waals surface area (Å²) in [6, 6.07) is 1.88. The highest BCUT2D eigenvalue weighted by Gasteiger charge is 2.07. The number of nitrogens with one attached hydrogen (secondary N) is 2. The largest absolute Gasteiger partial charge is 0.444 e. The van der Waals surface area contributed by atoms with Crippen LogP contribution in [0.5, 0.6) is 0 Å². The van der Waals surface area contributed by atoms with Gasteiger partial charge in [0.1, 0.15) is 17.4 Å². The Hall–Kier alpha value is -1.76. The van der Waals surface area contributed by atoms with Crippen LogP contribution in [0.1, 0.15) is 24.3 Å². The van der Waals surface area contributed by atoms with Crippen LogP contribution in [-0.2, 0) is 6.54 Å². The minimum absolute atomic E-state index is 0.505. The number of oxazole rings is 1. The third kappa shape index (κ3) is 3.63. The van der Waals surface area contributed by atoms with Crippen LogP contribution < -0.4 is 10.6 Å². The van der Waals surface area contributed by atoms with E-state index >= 15 is 0 Å². The second-order valence-electron chi connectivity index (χ2n) is 4.26. The Kier molecular flexibility index (Phi) is 4.84. The molecule has 0 unspecified atom stereocenters. The number of aromatic nitrogens is 3. The smallest absolute Gasteiger partial charge is 0.213 e. The monoisotopic (exact) mass is 293 g/mol. The summed E-state index contributed by atoms with van der Waals surface area (Å²) in [5, 5.41) is 7.13. The second kappa shape index (κ2) is 6.60. The van der Waals surface area contributed by atoms with Crippen molar-refractivity contribution < 1.29 is 4.42 Å². The molecule has 2 aromatic heterocycles. The first-order chi connectivity index (χ1) is 9.62. The Morgan fingerprint density at radius 3 is 2.40 bits per heavy atom. The maximum Gasteiger partial charge on any atom is 0.213 e. The van der Waals surface area contributed by atoms with E-state index in [1.54, 1.807) is 0 Å². The fourth-order valence-corrected chi connectivity index (χ4v) is 2.04. The molecule has 0 saturated carbocycles. The van der Waals surface area contributed by atoms with Gasteiger partial charge in [-0.3, -0.25) is 0 Å². The van der Waals surface area contributed by atoms with Crippen LogP contribution in [-0.4, -0.2) is 27.8 Å². The number of hydrogen-bond donors (Lipinski definition) is 2. The molecule has 0 saturated heterocycles. The molecule has 6 nitrogen and oxygen atoms in total. The normalized spacial score (nSPS) is 10.6. The molecular weight excluding hydrogens is 274 g/mol. The molecule has 0 atom stereocenters. The SMILES string of the molecule is CCNc1cc(NCc2nc(C)c(C)o2)nc(SC)n1. The molecule has 108 valence electrons. The first-order valence-corrected chi connectivity index (χ1v) is 7.68. The molecule has 0 aliphatic carbocycles. The Bertz CT molecular complexity index is 565. The summed E-state index contributed by atoms with van der Waals surface area (Å²) in [5.74, 6) is 3.08.